The molecule has 1 N–H and O–H groups in total. The maximum Gasteiger partial charge on any atom is 0.321 e. The number of nitrogens with one attached hydrogen (secondary N) is 1. The van der Waals surface area contributed by atoms with Crippen molar-refractivity contribution in [3.63, 3.8) is 0 Å². The molecule has 27 heavy (non-hydrogen) atoms. The smallest absolute Gasteiger partial charge is 0.321 e. The lowest BCUT2D eigenvalue weighted by atomic mass is 10.0. The normalized spacial score (nSPS) is 24.5. The van der Waals surface area contributed by atoms with Crippen molar-refractivity contribution in [2.24, 2.45) is 0 Å². The van der Waals surface area contributed by atoms with Gasteiger partial charge >= 0.3 is 6.03 Å². The molecule has 2 aliphatic heterocycles. The quantitative estimate of drug-likeness (QED) is 0.854. The molecule has 3 heterocycles. The van der Waals surface area contributed by atoms with E-state index < -0.39 is 16.6 Å². The minimum absolute atomic E-state index is 0.0917. The van der Waals surface area contributed by atoms with Crippen LogP contribution >= 0.6 is 0 Å². The zero-order chi connectivity index (χ0) is 19.0. The molecule has 0 radical (unpaired) electrons. The molecule has 7 heteroatoms. The van der Waals surface area contributed by atoms with Crippen LogP contribution in [0.25, 0.3) is 11.1 Å². The van der Waals surface area contributed by atoms with Crippen LogP contribution in [0.4, 0.5) is 14.9 Å². The second-order valence-electron chi connectivity index (χ2n) is 7.24. The van der Waals surface area contributed by atoms with Crippen molar-refractivity contribution < 1.29 is 13.4 Å². The fourth-order valence-corrected chi connectivity index (χ4v) is 5.77. The maximum atomic E-state index is 13.5. The van der Waals surface area contributed by atoms with Gasteiger partial charge in [-0.2, -0.15) is 0 Å². The molecule has 2 amide bonds. The zero-order valence-corrected chi connectivity index (χ0v) is 16.0. The number of carbonyl (C=O) groups is 1. The standard InChI is InChI=1S/C20H22FN3O2S/c1-13-2-3-14(15-8-16(21)11-22-10-15)9-19(13)23-20(25)24-7-6-17-4-5-18(12-24)27(17)26/h2-3,8-11,17-18H,4-7,12H2,1H3,(H,23,25). The largest absolute Gasteiger partial charge is 0.323 e. The molecule has 0 spiro atoms. The number of nitrogens with zero attached hydrogens (tertiary/aromatic N) is 2. The molecule has 1 aromatic carbocycles. The lowest BCUT2D eigenvalue weighted by Gasteiger charge is -2.25. The Bertz CT molecular complexity index is 905. The van der Waals surface area contributed by atoms with Crippen LogP contribution in [0.1, 0.15) is 24.8 Å². The van der Waals surface area contributed by atoms with Crippen molar-refractivity contribution in [2.45, 2.75) is 36.7 Å². The highest BCUT2D eigenvalue weighted by Crippen LogP contribution is 2.31. The molecule has 2 bridgehead atoms. The number of aryl methyl sites for hydroxylation is 1. The highest BCUT2D eigenvalue weighted by Gasteiger charge is 2.38. The summed E-state index contributed by atoms with van der Waals surface area (Å²) in [4.78, 5) is 18.5. The molecule has 142 valence electrons. The Morgan fingerprint density at radius 2 is 2.00 bits per heavy atom. The number of fused-ring (bicyclic) bond motifs is 2. The third-order valence-corrected chi connectivity index (χ3v) is 7.59. The van der Waals surface area contributed by atoms with Gasteiger partial charge in [-0.25, -0.2) is 9.18 Å². The van der Waals surface area contributed by atoms with E-state index in [1.807, 2.05) is 25.1 Å². The van der Waals surface area contributed by atoms with Gasteiger partial charge in [0.25, 0.3) is 0 Å². The number of rotatable bonds is 2. The molecule has 3 unspecified atom stereocenters. The molecule has 4 rings (SSSR count). The van der Waals surface area contributed by atoms with Crippen LogP contribution in [-0.2, 0) is 10.8 Å². The first-order valence-electron chi connectivity index (χ1n) is 9.18. The fraction of sp³-hybridized carbons (Fsp3) is 0.400. The van der Waals surface area contributed by atoms with Crippen LogP contribution in [-0.4, -0.2) is 43.7 Å². The number of hydrogen-bond donors (Lipinski definition) is 1. The Kier molecular flexibility index (Phi) is 4.95. The number of halogens is 1. The lowest BCUT2D eigenvalue weighted by molar-refractivity contribution is 0.209. The molecule has 2 aliphatic rings. The SMILES string of the molecule is Cc1ccc(-c2cncc(F)c2)cc1NC(=O)N1CCC2CCC(C1)S2=O. The molecular formula is C20H22FN3O2S. The van der Waals surface area contributed by atoms with E-state index in [1.165, 1.54) is 6.07 Å². The van der Waals surface area contributed by atoms with Crippen molar-refractivity contribution in [2.75, 3.05) is 18.4 Å². The number of likely N-dealkylation sites (tertiary alicyclic amines) is 1. The number of pyridine rings is 1. The van der Waals surface area contributed by atoms with Crippen LogP contribution in [0.2, 0.25) is 0 Å². The Morgan fingerprint density at radius 3 is 2.81 bits per heavy atom. The van der Waals surface area contributed by atoms with Gasteiger partial charge in [-0.15, -0.1) is 0 Å². The first-order valence-corrected chi connectivity index (χ1v) is 10.5. The molecule has 2 aromatic rings. The summed E-state index contributed by atoms with van der Waals surface area (Å²) in [5, 5.41) is 3.31. The number of anilines is 1. The summed E-state index contributed by atoms with van der Waals surface area (Å²) in [5.74, 6) is -0.397. The molecule has 1 aromatic heterocycles. The van der Waals surface area contributed by atoms with Crippen molar-refractivity contribution in [1.29, 1.82) is 0 Å². The van der Waals surface area contributed by atoms with Gasteiger partial charge in [0.2, 0.25) is 0 Å². The Hall–Kier alpha value is -2.28. The number of amides is 2. The number of aromatic nitrogens is 1. The van der Waals surface area contributed by atoms with E-state index in [2.05, 4.69) is 10.3 Å². The van der Waals surface area contributed by atoms with Gasteiger partial charge < -0.3 is 10.2 Å². The number of hydrogen-bond acceptors (Lipinski definition) is 3. The summed E-state index contributed by atoms with van der Waals surface area (Å²) in [7, 11) is -0.819. The highest BCUT2D eigenvalue weighted by molar-refractivity contribution is 7.86. The van der Waals surface area contributed by atoms with Gasteiger partial charge in [0.15, 0.2) is 0 Å². The second kappa shape index (κ2) is 7.38. The summed E-state index contributed by atoms with van der Waals surface area (Å²) in [5.41, 5.74) is 3.07. The van der Waals surface area contributed by atoms with Crippen LogP contribution in [0.3, 0.4) is 0 Å². The van der Waals surface area contributed by atoms with E-state index in [0.29, 0.717) is 24.3 Å². The predicted molar refractivity (Wildman–Crippen MR) is 105 cm³/mol. The van der Waals surface area contributed by atoms with E-state index in [0.717, 1.165) is 36.6 Å². The summed E-state index contributed by atoms with van der Waals surface area (Å²) < 4.78 is 25.8. The van der Waals surface area contributed by atoms with Gasteiger partial charge in [0, 0.05) is 46.6 Å². The fourth-order valence-electron chi connectivity index (χ4n) is 3.82. The minimum Gasteiger partial charge on any atom is -0.323 e. The Morgan fingerprint density at radius 1 is 1.19 bits per heavy atom. The third-order valence-electron chi connectivity index (χ3n) is 5.42. The first-order chi connectivity index (χ1) is 13.0. The first kappa shape index (κ1) is 18.1. The van der Waals surface area contributed by atoms with Crippen molar-refractivity contribution in [3.05, 3.63) is 48.0 Å². The van der Waals surface area contributed by atoms with Crippen LogP contribution in [0.15, 0.2) is 36.7 Å². The third kappa shape index (κ3) is 3.74. The van der Waals surface area contributed by atoms with Crippen molar-refractivity contribution in [3.8, 4) is 11.1 Å². The van der Waals surface area contributed by atoms with E-state index in [9.17, 15) is 13.4 Å². The average molecular weight is 387 g/mol. The topological polar surface area (TPSA) is 62.3 Å². The molecule has 2 fully saturated rings. The Labute approximate surface area is 160 Å². The maximum absolute atomic E-state index is 13.5. The summed E-state index contributed by atoms with van der Waals surface area (Å²) in [6.07, 6.45) is 5.50. The van der Waals surface area contributed by atoms with Gasteiger partial charge in [-0.05, 0) is 49.4 Å². The molecule has 2 saturated heterocycles. The predicted octanol–water partition coefficient (Wildman–Crippen LogP) is 3.71. The van der Waals surface area contributed by atoms with Crippen molar-refractivity contribution in [1.82, 2.24) is 9.88 Å². The number of benzene rings is 1. The van der Waals surface area contributed by atoms with Gasteiger partial charge in [-0.1, -0.05) is 12.1 Å². The van der Waals surface area contributed by atoms with Gasteiger partial charge in [0.05, 0.1) is 11.4 Å². The Balaban J connectivity index is 1.53. The zero-order valence-electron chi connectivity index (χ0n) is 15.2. The van der Waals surface area contributed by atoms with Crippen LogP contribution in [0.5, 0.6) is 0 Å². The lowest BCUT2D eigenvalue weighted by Crippen LogP contribution is -2.40. The number of urea groups is 1. The molecular weight excluding hydrogens is 365 g/mol. The van der Waals surface area contributed by atoms with Gasteiger partial charge in [0.1, 0.15) is 5.82 Å². The highest BCUT2D eigenvalue weighted by atomic mass is 32.2. The van der Waals surface area contributed by atoms with E-state index in [-0.39, 0.29) is 16.5 Å². The average Bonchev–Trinajstić information content (AvgIpc) is 2.88. The van der Waals surface area contributed by atoms with Crippen LogP contribution in [0, 0.1) is 12.7 Å². The molecule has 0 saturated carbocycles. The van der Waals surface area contributed by atoms with E-state index in [1.54, 1.807) is 11.1 Å². The van der Waals surface area contributed by atoms with Gasteiger partial charge in [-0.3, -0.25) is 9.19 Å². The summed E-state index contributed by atoms with van der Waals surface area (Å²) in [6, 6.07) is 6.87. The monoisotopic (exact) mass is 387 g/mol. The summed E-state index contributed by atoms with van der Waals surface area (Å²) >= 11 is 0. The molecule has 5 nitrogen and oxygen atoms in total. The van der Waals surface area contributed by atoms with Crippen LogP contribution < -0.4 is 5.32 Å². The molecule has 3 atom stereocenters. The summed E-state index contributed by atoms with van der Waals surface area (Å²) in [6.45, 7) is 3.09. The molecule has 0 aliphatic carbocycles. The van der Waals surface area contributed by atoms with Crippen molar-refractivity contribution >= 4 is 22.5 Å². The number of carbonyl (C=O) groups excluding carboxylic acids is 1. The minimum atomic E-state index is -0.819. The second-order valence-corrected chi connectivity index (χ2v) is 9.23. The van der Waals surface area contributed by atoms with E-state index in [4.69, 9.17) is 0 Å². The van der Waals surface area contributed by atoms with E-state index >= 15 is 0 Å².